The first-order valence-corrected chi connectivity index (χ1v) is 10.5. The molecule has 2 aliphatic heterocycles. The number of aromatic amines is 1. The summed E-state index contributed by atoms with van der Waals surface area (Å²) < 4.78 is 2.41. The van der Waals surface area contributed by atoms with Gasteiger partial charge in [0.1, 0.15) is 17.2 Å². The minimum absolute atomic E-state index is 0.615. The van der Waals surface area contributed by atoms with E-state index >= 15 is 0 Å². The highest BCUT2D eigenvalue weighted by Gasteiger charge is 2.48. The Morgan fingerprint density at radius 2 is 2.03 bits per heavy atom. The highest BCUT2D eigenvalue weighted by Crippen LogP contribution is 2.55. The molecule has 1 aliphatic carbocycles. The second-order valence-electron chi connectivity index (χ2n) is 8.59. The van der Waals surface area contributed by atoms with Gasteiger partial charge >= 0.3 is 0 Å². The van der Waals surface area contributed by atoms with E-state index < -0.39 is 0 Å². The van der Waals surface area contributed by atoms with Crippen molar-refractivity contribution in [2.24, 2.45) is 5.92 Å². The van der Waals surface area contributed by atoms with Crippen LogP contribution in [0.5, 0.6) is 0 Å². The highest BCUT2D eigenvalue weighted by molar-refractivity contribution is 5.79. The third-order valence-corrected chi connectivity index (χ3v) is 6.53. The van der Waals surface area contributed by atoms with Gasteiger partial charge in [0.05, 0.1) is 22.8 Å². The molecule has 3 aliphatic rings. The van der Waals surface area contributed by atoms with Crippen molar-refractivity contribution < 1.29 is 0 Å². The Kier molecular flexibility index (Phi) is 3.22. The van der Waals surface area contributed by atoms with Crippen LogP contribution in [0.3, 0.4) is 0 Å². The number of pyridine rings is 2. The maximum Gasteiger partial charge on any atom is 0.156 e. The van der Waals surface area contributed by atoms with Crippen LogP contribution >= 0.6 is 0 Å². The van der Waals surface area contributed by atoms with Crippen molar-refractivity contribution in [3.63, 3.8) is 0 Å². The van der Waals surface area contributed by atoms with Crippen LogP contribution in [0.4, 0.5) is 0 Å². The SMILES string of the molecule is Cc1cccc(-c2nc3n(c2-c2ccnc(-c4nc5c([nH]4)CNC5)c2)CC2CC32)n1. The molecule has 30 heavy (non-hydrogen) atoms. The van der Waals surface area contributed by atoms with Gasteiger partial charge in [0.2, 0.25) is 0 Å². The first kappa shape index (κ1) is 16.5. The maximum atomic E-state index is 5.09. The lowest BCUT2D eigenvalue weighted by atomic mass is 10.1. The van der Waals surface area contributed by atoms with E-state index in [0.29, 0.717) is 5.92 Å². The summed E-state index contributed by atoms with van der Waals surface area (Å²) in [5, 5.41) is 3.31. The van der Waals surface area contributed by atoms with Crippen LogP contribution in [0.25, 0.3) is 34.2 Å². The Morgan fingerprint density at radius 1 is 1.07 bits per heavy atom. The Labute approximate surface area is 173 Å². The number of H-pyrrole nitrogens is 1. The van der Waals surface area contributed by atoms with Crippen LogP contribution in [0, 0.1) is 12.8 Å². The second kappa shape index (κ2) is 5.86. The summed E-state index contributed by atoms with van der Waals surface area (Å²) in [6.07, 6.45) is 3.14. The van der Waals surface area contributed by atoms with Crippen molar-refractivity contribution in [3.8, 4) is 34.2 Å². The number of hydrogen-bond acceptors (Lipinski definition) is 5. The molecule has 0 bridgehead atoms. The van der Waals surface area contributed by atoms with E-state index in [2.05, 4.69) is 44.1 Å². The average Bonchev–Trinajstić information content (AvgIpc) is 3.12. The first-order valence-electron chi connectivity index (χ1n) is 10.5. The number of imidazole rings is 2. The Bertz CT molecular complexity index is 1290. The van der Waals surface area contributed by atoms with Gasteiger partial charge in [-0.25, -0.2) is 9.97 Å². The summed E-state index contributed by atoms with van der Waals surface area (Å²) in [6, 6.07) is 10.4. The molecule has 2 atom stereocenters. The molecule has 2 unspecified atom stereocenters. The number of rotatable bonds is 3. The fraction of sp³-hybridized carbons (Fsp3) is 0.304. The standard InChI is InChI=1S/C23H21N7/c1-12-3-2-4-16(26-12)20-21(30-11-14-7-15(14)23(30)29-20)13-5-6-25-17(8-13)22-27-18-9-24-10-19(18)28-22/h2-6,8,14-15,24H,7,9-11H2,1H3,(H,27,28). The second-order valence-corrected chi connectivity index (χ2v) is 8.59. The van der Waals surface area contributed by atoms with E-state index in [1.54, 1.807) is 0 Å². The summed E-state index contributed by atoms with van der Waals surface area (Å²) in [5.41, 5.74) is 8.30. The summed E-state index contributed by atoms with van der Waals surface area (Å²) in [5.74, 6) is 3.43. The van der Waals surface area contributed by atoms with E-state index in [1.165, 1.54) is 12.2 Å². The molecular formula is C23H21N7. The van der Waals surface area contributed by atoms with Crippen molar-refractivity contribution in [2.45, 2.75) is 38.9 Å². The molecule has 4 aromatic rings. The molecule has 7 nitrogen and oxygen atoms in total. The molecule has 4 aromatic heterocycles. The third-order valence-electron chi connectivity index (χ3n) is 6.53. The number of nitrogens with one attached hydrogen (secondary N) is 2. The monoisotopic (exact) mass is 395 g/mol. The molecule has 0 amide bonds. The zero-order valence-electron chi connectivity index (χ0n) is 16.7. The predicted octanol–water partition coefficient (Wildman–Crippen LogP) is 3.43. The summed E-state index contributed by atoms with van der Waals surface area (Å²) in [6.45, 7) is 4.73. The van der Waals surface area contributed by atoms with Crippen molar-refractivity contribution in [1.82, 2.24) is 34.8 Å². The lowest BCUT2D eigenvalue weighted by Crippen LogP contribution is -2.03. The van der Waals surface area contributed by atoms with E-state index in [1.807, 2.05) is 19.2 Å². The molecule has 7 rings (SSSR count). The lowest BCUT2D eigenvalue weighted by Gasteiger charge is -2.10. The van der Waals surface area contributed by atoms with Crippen LogP contribution < -0.4 is 5.32 Å². The number of aryl methyl sites for hydroxylation is 1. The molecular weight excluding hydrogens is 374 g/mol. The zero-order chi connectivity index (χ0) is 19.8. The van der Waals surface area contributed by atoms with E-state index in [-0.39, 0.29) is 0 Å². The first-order chi connectivity index (χ1) is 14.7. The topological polar surface area (TPSA) is 84.3 Å². The fourth-order valence-electron chi connectivity index (χ4n) is 4.96. The van der Waals surface area contributed by atoms with Crippen LogP contribution in [0.15, 0.2) is 36.5 Å². The molecule has 148 valence electrons. The quantitative estimate of drug-likeness (QED) is 0.555. The number of nitrogens with zero attached hydrogens (tertiary/aromatic N) is 5. The molecule has 1 fully saturated rings. The minimum atomic E-state index is 0.615. The number of hydrogen-bond donors (Lipinski definition) is 2. The van der Waals surface area contributed by atoms with E-state index in [4.69, 9.17) is 15.0 Å². The van der Waals surface area contributed by atoms with Crippen molar-refractivity contribution in [3.05, 3.63) is 59.4 Å². The molecule has 0 radical (unpaired) electrons. The molecule has 0 aromatic carbocycles. The van der Waals surface area contributed by atoms with Gasteiger partial charge in [-0.1, -0.05) is 6.07 Å². The summed E-state index contributed by atoms with van der Waals surface area (Å²) >= 11 is 0. The Balaban J connectivity index is 1.39. The van der Waals surface area contributed by atoms with Crippen molar-refractivity contribution >= 4 is 0 Å². The maximum absolute atomic E-state index is 5.09. The smallest absolute Gasteiger partial charge is 0.156 e. The number of fused-ring (bicyclic) bond motifs is 4. The molecule has 6 heterocycles. The van der Waals surface area contributed by atoms with Crippen LogP contribution in [-0.4, -0.2) is 29.5 Å². The number of aromatic nitrogens is 6. The Morgan fingerprint density at radius 3 is 2.93 bits per heavy atom. The van der Waals surface area contributed by atoms with Gasteiger partial charge in [-0.2, -0.15) is 0 Å². The predicted molar refractivity (Wildman–Crippen MR) is 112 cm³/mol. The van der Waals surface area contributed by atoms with Gasteiger partial charge in [0, 0.05) is 43.0 Å². The molecule has 1 saturated carbocycles. The highest BCUT2D eigenvalue weighted by atomic mass is 15.2. The Hall–Kier alpha value is -3.32. The normalized spacial score (nSPS) is 20.8. The zero-order valence-corrected chi connectivity index (χ0v) is 16.7. The molecule has 0 saturated heterocycles. The molecule has 0 spiro atoms. The van der Waals surface area contributed by atoms with Crippen molar-refractivity contribution in [1.29, 1.82) is 0 Å². The van der Waals surface area contributed by atoms with E-state index in [9.17, 15) is 0 Å². The lowest BCUT2D eigenvalue weighted by molar-refractivity contribution is 0.674. The fourth-order valence-corrected chi connectivity index (χ4v) is 4.96. The molecule has 7 heteroatoms. The van der Waals surface area contributed by atoms with Crippen LogP contribution in [0.2, 0.25) is 0 Å². The van der Waals surface area contributed by atoms with Gasteiger partial charge in [-0.3, -0.25) is 9.97 Å². The van der Waals surface area contributed by atoms with Crippen LogP contribution in [0.1, 0.15) is 35.2 Å². The minimum Gasteiger partial charge on any atom is -0.339 e. The van der Waals surface area contributed by atoms with Gasteiger partial charge in [-0.05, 0) is 43.5 Å². The van der Waals surface area contributed by atoms with Gasteiger partial charge < -0.3 is 14.9 Å². The largest absolute Gasteiger partial charge is 0.339 e. The molecule has 2 N–H and O–H groups in total. The third kappa shape index (κ3) is 2.35. The summed E-state index contributed by atoms with van der Waals surface area (Å²) in [4.78, 5) is 22.7. The van der Waals surface area contributed by atoms with Crippen LogP contribution in [-0.2, 0) is 19.6 Å². The van der Waals surface area contributed by atoms with Gasteiger partial charge in [0.15, 0.2) is 5.82 Å². The van der Waals surface area contributed by atoms with E-state index in [0.717, 1.165) is 76.8 Å². The summed E-state index contributed by atoms with van der Waals surface area (Å²) in [7, 11) is 0. The van der Waals surface area contributed by atoms with Crippen molar-refractivity contribution in [2.75, 3.05) is 0 Å². The van der Waals surface area contributed by atoms with Gasteiger partial charge in [0.25, 0.3) is 0 Å². The average molecular weight is 395 g/mol. The van der Waals surface area contributed by atoms with Gasteiger partial charge in [-0.15, -0.1) is 0 Å².